The molecule has 0 unspecified atom stereocenters. The lowest BCUT2D eigenvalue weighted by Crippen LogP contribution is -2.44. The van der Waals surface area contributed by atoms with Crippen LogP contribution in [-0.2, 0) is 24.4 Å². The Labute approximate surface area is 182 Å². The summed E-state index contributed by atoms with van der Waals surface area (Å²) in [7, 11) is 0. The van der Waals surface area contributed by atoms with E-state index >= 15 is 0 Å². The van der Waals surface area contributed by atoms with Crippen molar-refractivity contribution < 1.29 is 9.53 Å². The van der Waals surface area contributed by atoms with Crippen molar-refractivity contribution in [3.63, 3.8) is 0 Å². The molecule has 0 aliphatic carbocycles. The molecule has 1 saturated heterocycles. The molecule has 1 fully saturated rings. The predicted molar refractivity (Wildman–Crippen MR) is 116 cm³/mol. The molecule has 3 aromatic rings. The number of likely N-dealkylation sites (tertiary alicyclic amines) is 1. The summed E-state index contributed by atoms with van der Waals surface area (Å²) < 4.78 is 8.10. The van der Waals surface area contributed by atoms with Crippen LogP contribution in [0.4, 0.5) is 0 Å². The van der Waals surface area contributed by atoms with Crippen LogP contribution in [0.2, 0.25) is 0 Å². The normalized spacial score (nSPS) is 19.7. The molecule has 7 heteroatoms. The number of amides is 1. The molecule has 1 N–H and O–H groups in total. The highest BCUT2D eigenvalue weighted by atomic mass is 16.5. The van der Waals surface area contributed by atoms with Crippen molar-refractivity contribution in [1.29, 1.82) is 0 Å². The molecule has 2 aliphatic heterocycles. The molecular weight excluding hydrogens is 390 g/mol. The van der Waals surface area contributed by atoms with Gasteiger partial charge in [0.1, 0.15) is 11.8 Å². The van der Waals surface area contributed by atoms with Crippen molar-refractivity contribution in [3.8, 4) is 0 Å². The number of aromatic nitrogens is 3. The fourth-order valence-electron chi connectivity index (χ4n) is 4.36. The van der Waals surface area contributed by atoms with Crippen LogP contribution < -0.4 is 5.32 Å². The number of rotatable bonds is 5. The second-order valence-electron chi connectivity index (χ2n) is 8.27. The standard InChI is InChI=1S/C24H27N5O2/c30-24(19-9-5-2-6-10-19)25-20-11-13-28(14-12-20)15-21-22-17-31-23(16-29(22)27-26-21)18-7-3-1-4-8-18/h1-10,20,23H,11-17H2,(H,25,30)/t23-/m1/s1. The van der Waals surface area contributed by atoms with E-state index in [1.807, 2.05) is 53.2 Å². The number of carbonyl (C=O) groups is 1. The van der Waals surface area contributed by atoms with Crippen LogP contribution in [0.3, 0.4) is 0 Å². The largest absolute Gasteiger partial charge is 0.365 e. The average molecular weight is 418 g/mol. The molecule has 2 aliphatic rings. The zero-order chi connectivity index (χ0) is 21.0. The fourth-order valence-corrected chi connectivity index (χ4v) is 4.36. The smallest absolute Gasteiger partial charge is 0.251 e. The molecule has 1 aromatic heterocycles. The van der Waals surface area contributed by atoms with Gasteiger partial charge in [0, 0.05) is 31.2 Å². The van der Waals surface area contributed by atoms with Crippen LogP contribution in [0.15, 0.2) is 60.7 Å². The summed E-state index contributed by atoms with van der Waals surface area (Å²) in [5.41, 5.74) is 3.96. The third-order valence-electron chi connectivity index (χ3n) is 6.18. The third kappa shape index (κ3) is 4.52. The van der Waals surface area contributed by atoms with Gasteiger partial charge in [-0.05, 0) is 30.5 Å². The minimum absolute atomic E-state index is 0.0107. The van der Waals surface area contributed by atoms with E-state index in [4.69, 9.17) is 4.74 Å². The lowest BCUT2D eigenvalue weighted by atomic mass is 10.0. The number of nitrogens with one attached hydrogen (secondary N) is 1. The van der Waals surface area contributed by atoms with Gasteiger partial charge in [-0.1, -0.05) is 53.7 Å². The number of hydrogen-bond acceptors (Lipinski definition) is 5. The topological polar surface area (TPSA) is 72.3 Å². The molecule has 1 atom stereocenters. The van der Waals surface area contributed by atoms with E-state index < -0.39 is 0 Å². The Kier molecular flexibility index (Phi) is 5.78. The molecular formula is C24H27N5O2. The highest BCUT2D eigenvalue weighted by Crippen LogP contribution is 2.27. The SMILES string of the molecule is O=C(NC1CCN(Cc2nnn3c2CO[C@@H](c2ccccc2)C3)CC1)c1ccccc1. The van der Waals surface area contributed by atoms with E-state index in [0.717, 1.165) is 49.4 Å². The van der Waals surface area contributed by atoms with E-state index in [2.05, 4.69) is 32.7 Å². The molecule has 0 bridgehead atoms. The first-order chi connectivity index (χ1) is 15.3. The maximum absolute atomic E-state index is 12.4. The van der Waals surface area contributed by atoms with Crippen LogP contribution in [0, 0.1) is 0 Å². The summed E-state index contributed by atoms with van der Waals surface area (Å²) in [6.45, 7) is 3.86. The molecule has 2 aromatic carbocycles. The van der Waals surface area contributed by atoms with Crippen LogP contribution in [0.5, 0.6) is 0 Å². The maximum atomic E-state index is 12.4. The summed E-state index contributed by atoms with van der Waals surface area (Å²) in [6, 6.07) is 19.9. The monoisotopic (exact) mass is 417 g/mol. The highest BCUT2D eigenvalue weighted by Gasteiger charge is 2.27. The van der Waals surface area contributed by atoms with Gasteiger partial charge >= 0.3 is 0 Å². The van der Waals surface area contributed by atoms with E-state index in [0.29, 0.717) is 13.2 Å². The Balaban J connectivity index is 1.14. The lowest BCUT2D eigenvalue weighted by Gasteiger charge is -2.32. The number of fused-ring (bicyclic) bond motifs is 1. The molecule has 7 nitrogen and oxygen atoms in total. The molecule has 0 saturated carbocycles. The zero-order valence-corrected chi connectivity index (χ0v) is 17.5. The van der Waals surface area contributed by atoms with Crippen molar-refractivity contribution in [2.75, 3.05) is 13.1 Å². The fraction of sp³-hybridized carbons (Fsp3) is 0.375. The summed E-state index contributed by atoms with van der Waals surface area (Å²) in [5.74, 6) is 0.0107. The Morgan fingerprint density at radius 1 is 1.03 bits per heavy atom. The van der Waals surface area contributed by atoms with E-state index in [1.54, 1.807) is 0 Å². The van der Waals surface area contributed by atoms with Gasteiger partial charge < -0.3 is 10.1 Å². The highest BCUT2D eigenvalue weighted by molar-refractivity contribution is 5.94. The molecule has 5 rings (SSSR count). The molecule has 31 heavy (non-hydrogen) atoms. The number of hydrogen-bond donors (Lipinski definition) is 1. The van der Waals surface area contributed by atoms with E-state index in [9.17, 15) is 4.79 Å². The van der Waals surface area contributed by atoms with Gasteiger partial charge in [0.25, 0.3) is 5.91 Å². The quantitative estimate of drug-likeness (QED) is 0.691. The van der Waals surface area contributed by atoms with Crippen LogP contribution in [-0.4, -0.2) is 44.9 Å². The summed E-state index contributed by atoms with van der Waals surface area (Å²) in [4.78, 5) is 14.8. The van der Waals surface area contributed by atoms with Gasteiger partial charge in [-0.15, -0.1) is 5.10 Å². The van der Waals surface area contributed by atoms with Gasteiger partial charge in [0.05, 0.1) is 18.8 Å². The minimum Gasteiger partial charge on any atom is -0.365 e. The summed E-state index contributed by atoms with van der Waals surface area (Å²) >= 11 is 0. The van der Waals surface area contributed by atoms with Gasteiger partial charge in [0.2, 0.25) is 0 Å². The predicted octanol–water partition coefficient (Wildman–Crippen LogP) is 2.94. The summed E-state index contributed by atoms with van der Waals surface area (Å²) in [5, 5.41) is 12.0. The van der Waals surface area contributed by atoms with Crippen molar-refractivity contribution >= 4 is 5.91 Å². The number of nitrogens with zero attached hydrogens (tertiary/aromatic N) is 4. The van der Waals surface area contributed by atoms with Gasteiger partial charge in [-0.25, -0.2) is 4.68 Å². The zero-order valence-electron chi connectivity index (χ0n) is 17.5. The average Bonchev–Trinajstić information content (AvgIpc) is 3.23. The van der Waals surface area contributed by atoms with Crippen molar-refractivity contribution in [2.24, 2.45) is 0 Å². The Hall–Kier alpha value is -3.03. The molecule has 160 valence electrons. The number of carbonyl (C=O) groups excluding carboxylic acids is 1. The van der Waals surface area contributed by atoms with E-state index in [-0.39, 0.29) is 18.1 Å². The van der Waals surface area contributed by atoms with Crippen molar-refractivity contribution in [2.45, 2.75) is 44.7 Å². The Morgan fingerprint density at radius 2 is 1.74 bits per heavy atom. The first-order valence-corrected chi connectivity index (χ1v) is 10.9. The van der Waals surface area contributed by atoms with Crippen LogP contribution in [0.25, 0.3) is 0 Å². The maximum Gasteiger partial charge on any atom is 0.251 e. The first-order valence-electron chi connectivity index (χ1n) is 10.9. The van der Waals surface area contributed by atoms with E-state index in [1.165, 1.54) is 5.56 Å². The van der Waals surface area contributed by atoms with Gasteiger partial charge in [-0.3, -0.25) is 9.69 Å². The third-order valence-corrected chi connectivity index (χ3v) is 6.18. The van der Waals surface area contributed by atoms with Gasteiger partial charge in [0.15, 0.2) is 0 Å². The Bertz CT molecular complexity index is 1010. The number of ether oxygens (including phenoxy) is 1. The number of piperidine rings is 1. The molecule has 1 amide bonds. The molecule has 0 radical (unpaired) electrons. The van der Waals surface area contributed by atoms with Crippen molar-refractivity contribution in [3.05, 3.63) is 83.2 Å². The van der Waals surface area contributed by atoms with Crippen LogP contribution in [0.1, 0.15) is 46.3 Å². The molecule has 3 heterocycles. The van der Waals surface area contributed by atoms with Crippen molar-refractivity contribution in [1.82, 2.24) is 25.2 Å². The summed E-state index contributed by atoms with van der Waals surface area (Å²) in [6.07, 6.45) is 1.90. The van der Waals surface area contributed by atoms with Crippen LogP contribution >= 0.6 is 0 Å². The second kappa shape index (κ2) is 8.99. The van der Waals surface area contributed by atoms with Gasteiger partial charge in [-0.2, -0.15) is 0 Å². The second-order valence-corrected chi connectivity index (χ2v) is 8.27. The number of benzene rings is 2. The minimum atomic E-state index is 0.0107. The Morgan fingerprint density at radius 3 is 2.48 bits per heavy atom. The lowest BCUT2D eigenvalue weighted by molar-refractivity contribution is -0.00216. The first kappa shape index (κ1) is 19.9. The molecule has 0 spiro atoms.